The Morgan fingerprint density at radius 2 is 2.27 bits per heavy atom. The minimum absolute atomic E-state index is 0.643. The highest BCUT2D eigenvalue weighted by Gasteiger charge is 2.15. The summed E-state index contributed by atoms with van der Waals surface area (Å²) in [4.78, 5) is 0. The van der Waals surface area contributed by atoms with Crippen LogP contribution in [0.25, 0.3) is 0 Å². The van der Waals surface area contributed by atoms with Crippen molar-refractivity contribution in [1.82, 2.24) is 0 Å². The van der Waals surface area contributed by atoms with Crippen molar-refractivity contribution in [3.63, 3.8) is 0 Å². The molecule has 78 valence electrons. The summed E-state index contributed by atoms with van der Waals surface area (Å²) >= 11 is 0. The molecule has 1 aromatic carbocycles. The molecule has 1 heterocycles. The van der Waals surface area contributed by atoms with Crippen molar-refractivity contribution >= 4 is 5.69 Å². The molecule has 0 atom stereocenters. The molecule has 0 radical (unpaired) electrons. The molecule has 1 aromatic rings. The zero-order valence-electron chi connectivity index (χ0n) is 9.30. The minimum atomic E-state index is 0.643. The number of anilines is 1. The van der Waals surface area contributed by atoms with Crippen molar-refractivity contribution < 1.29 is 0 Å². The first-order valence-electron chi connectivity index (χ1n) is 5.50. The van der Waals surface area contributed by atoms with Gasteiger partial charge >= 0.3 is 0 Å². The van der Waals surface area contributed by atoms with Gasteiger partial charge in [0.2, 0.25) is 0 Å². The van der Waals surface area contributed by atoms with Gasteiger partial charge < -0.3 is 5.32 Å². The third-order valence-corrected chi connectivity index (χ3v) is 2.74. The van der Waals surface area contributed by atoms with Gasteiger partial charge in [-0.05, 0) is 36.0 Å². The first-order valence-corrected chi connectivity index (χ1v) is 5.50. The topological polar surface area (TPSA) is 35.8 Å². The normalized spacial score (nSPS) is 13.5. The van der Waals surface area contributed by atoms with Crippen LogP contribution >= 0.6 is 0 Å². The number of rotatable bonds is 2. The predicted molar refractivity (Wildman–Crippen MR) is 61.9 cm³/mol. The molecule has 1 aliphatic heterocycles. The lowest BCUT2D eigenvalue weighted by Gasteiger charge is -2.09. The number of benzene rings is 1. The van der Waals surface area contributed by atoms with Crippen molar-refractivity contribution in [3.8, 4) is 6.07 Å². The Morgan fingerprint density at radius 3 is 2.93 bits per heavy atom. The van der Waals surface area contributed by atoms with Gasteiger partial charge in [0.1, 0.15) is 6.07 Å². The molecule has 0 bridgehead atoms. The molecule has 2 heteroatoms. The molecular formula is C13H16N2. The predicted octanol–water partition coefficient (Wildman–Crippen LogP) is 2.72. The van der Waals surface area contributed by atoms with E-state index in [1.54, 1.807) is 0 Å². The molecule has 0 amide bonds. The highest BCUT2D eigenvalue weighted by molar-refractivity contribution is 5.66. The summed E-state index contributed by atoms with van der Waals surface area (Å²) in [6.07, 6.45) is 2.11. The fraction of sp³-hybridized carbons (Fsp3) is 0.462. The van der Waals surface area contributed by atoms with Crippen LogP contribution in [-0.4, -0.2) is 6.54 Å². The van der Waals surface area contributed by atoms with Gasteiger partial charge in [-0.25, -0.2) is 0 Å². The van der Waals surface area contributed by atoms with Crippen LogP contribution in [0.5, 0.6) is 0 Å². The molecule has 1 N–H and O–H groups in total. The van der Waals surface area contributed by atoms with Gasteiger partial charge in [0.15, 0.2) is 0 Å². The van der Waals surface area contributed by atoms with Gasteiger partial charge in [0.25, 0.3) is 0 Å². The molecule has 0 spiro atoms. The maximum atomic E-state index is 9.07. The Kier molecular flexibility index (Phi) is 2.64. The van der Waals surface area contributed by atoms with Gasteiger partial charge in [0, 0.05) is 6.54 Å². The fourth-order valence-corrected chi connectivity index (χ4v) is 2.17. The Hall–Kier alpha value is -1.49. The molecule has 0 saturated heterocycles. The molecule has 1 aliphatic rings. The summed E-state index contributed by atoms with van der Waals surface area (Å²) in [6.45, 7) is 5.38. The molecule has 0 aromatic heterocycles. The molecule has 2 rings (SSSR count). The molecule has 2 nitrogen and oxygen atoms in total. The molecule has 0 unspecified atom stereocenters. The van der Waals surface area contributed by atoms with Crippen LogP contribution in [0.1, 0.15) is 30.5 Å². The summed E-state index contributed by atoms with van der Waals surface area (Å²) in [6, 6.07) is 6.55. The van der Waals surface area contributed by atoms with E-state index in [2.05, 4.69) is 31.3 Å². The lowest BCUT2D eigenvalue weighted by molar-refractivity contribution is 0.647. The van der Waals surface area contributed by atoms with E-state index in [4.69, 9.17) is 5.26 Å². The number of nitrogens with zero attached hydrogens (tertiary/aromatic N) is 1. The second-order valence-electron chi connectivity index (χ2n) is 4.56. The third-order valence-electron chi connectivity index (χ3n) is 2.74. The van der Waals surface area contributed by atoms with Crippen LogP contribution in [-0.2, 0) is 12.8 Å². The van der Waals surface area contributed by atoms with Gasteiger partial charge in [0.05, 0.1) is 11.3 Å². The molecule has 15 heavy (non-hydrogen) atoms. The van der Waals surface area contributed by atoms with Crippen molar-refractivity contribution in [2.75, 3.05) is 11.9 Å². The van der Waals surface area contributed by atoms with E-state index < -0.39 is 0 Å². The minimum Gasteiger partial charge on any atom is -0.383 e. The summed E-state index contributed by atoms with van der Waals surface area (Å²) in [5.74, 6) is 0.643. The second-order valence-corrected chi connectivity index (χ2v) is 4.56. The van der Waals surface area contributed by atoms with Crippen LogP contribution in [0, 0.1) is 17.2 Å². The van der Waals surface area contributed by atoms with Crippen molar-refractivity contribution in [1.29, 1.82) is 5.26 Å². The molecule has 0 fully saturated rings. The number of fused-ring (bicyclic) bond motifs is 1. The van der Waals surface area contributed by atoms with Crippen LogP contribution in [0.2, 0.25) is 0 Å². The maximum Gasteiger partial charge on any atom is 0.101 e. The van der Waals surface area contributed by atoms with E-state index in [9.17, 15) is 0 Å². The smallest absolute Gasteiger partial charge is 0.101 e. The lowest BCUT2D eigenvalue weighted by Crippen LogP contribution is -1.97. The molecule has 0 aliphatic carbocycles. The Labute approximate surface area is 90.9 Å². The van der Waals surface area contributed by atoms with Crippen molar-refractivity contribution in [2.45, 2.75) is 26.7 Å². The first kappa shape index (κ1) is 10.0. The zero-order valence-corrected chi connectivity index (χ0v) is 9.30. The SMILES string of the molecule is CC(C)Cc1cc(C#N)c2c(c1)CCN2. The van der Waals surface area contributed by atoms with E-state index in [1.165, 1.54) is 11.1 Å². The Bertz CT molecular complexity index is 413. The Balaban J connectivity index is 2.40. The molecule has 0 saturated carbocycles. The van der Waals surface area contributed by atoms with Crippen LogP contribution in [0.3, 0.4) is 0 Å². The molecular weight excluding hydrogens is 184 g/mol. The van der Waals surface area contributed by atoms with Gasteiger partial charge in [-0.3, -0.25) is 0 Å². The van der Waals surface area contributed by atoms with Gasteiger partial charge in [-0.15, -0.1) is 0 Å². The standard InChI is InChI=1S/C13H16N2/c1-9(2)5-10-6-11-3-4-15-13(11)12(7-10)8-14/h6-7,9,15H,3-5H2,1-2H3. The quantitative estimate of drug-likeness (QED) is 0.796. The highest BCUT2D eigenvalue weighted by atomic mass is 14.9. The van der Waals surface area contributed by atoms with Gasteiger partial charge in [-0.2, -0.15) is 5.26 Å². The van der Waals surface area contributed by atoms with Gasteiger partial charge in [-0.1, -0.05) is 19.9 Å². The summed E-state index contributed by atoms with van der Waals surface area (Å²) in [5.41, 5.74) is 4.47. The van der Waals surface area contributed by atoms with E-state index in [0.29, 0.717) is 5.92 Å². The first-order chi connectivity index (χ1) is 7.20. The van der Waals surface area contributed by atoms with E-state index in [1.807, 2.05) is 6.07 Å². The maximum absolute atomic E-state index is 9.07. The van der Waals surface area contributed by atoms with E-state index >= 15 is 0 Å². The van der Waals surface area contributed by atoms with Crippen LogP contribution < -0.4 is 5.32 Å². The number of hydrogen-bond donors (Lipinski definition) is 1. The summed E-state index contributed by atoms with van der Waals surface area (Å²) in [7, 11) is 0. The Morgan fingerprint density at radius 1 is 1.47 bits per heavy atom. The van der Waals surface area contributed by atoms with Crippen LogP contribution in [0.15, 0.2) is 12.1 Å². The van der Waals surface area contributed by atoms with E-state index in [-0.39, 0.29) is 0 Å². The number of hydrogen-bond acceptors (Lipinski definition) is 2. The van der Waals surface area contributed by atoms with Crippen molar-refractivity contribution in [2.24, 2.45) is 5.92 Å². The number of nitriles is 1. The average molecular weight is 200 g/mol. The largest absolute Gasteiger partial charge is 0.383 e. The highest BCUT2D eigenvalue weighted by Crippen LogP contribution is 2.28. The third kappa shape index (κ3) is 1.97. The van der Waals surface area contributed by atoms with Crippen LogP contribution in [0.4, 0.5) is 5.69 Å². The fourth-order valence-electron chi connectivity index (χ4n) is 2.17. The monoisotopic (exact) mass is 200 g/mol. The zero-order chi connectivity index (χ0) is 10.8. The second kappa shape index (κ2) is 3.94. The summed E-state index contributed by atoms with van der Waals surface area (Å²) in [5, 5.41) is 12.3. The van der Waals surface area contributed by atoms with Crippen molar-refractivity contribution in [3.05, 3.63) is 28.8 Å². The summed E-state index contributed by atoms with van der Waals surface area (Å²) < 4.78 is 0. The number of nitrogens with one attached hydrogen (secondary N) is 1. The van der Waals surface area contributed by atoms with E-state index in [0.717, 1.165) is 30.6 Å². The average Bonchev–Trinajstić information content (AvgIpc) is 2.63. The lowest BCUT2D eigenvalue weighted by atomic mass is 9.97.